The number of nitrogens with zero attached hydrogens (tertiary/aromatic N) is 4. The number of halogens is 2. The largest absolute Gasteiger partial charge is 0.395 e. The van der Waals surface area contributed by atoms with E-state index in [2.05, 4.69) is 20.5 Å². The number of carbonyl (C=O) groups is 1. The number of aromatic nitrogens is 3. The first-order valence-corrected chi connectivity index (χ1v) is 9.42. The molecule has 0 saturated carbocycles. The first-order chi connectivity index (χ1) is 13.1. The Labute approximate surface area is 162 Å². The molecule has 2 heterocycles. The molecule has 1 fully saturated rings. The number of likely N-dealkylation sites (tertiary alicyclic amines) is 1. The zero-order valence-electron chi connectivity index (χ0n) is 14.9. The quantitative estimate of drug-likeness (QED) is 0.745. The van der Waals surface area contributed by atoms with Crippen LogP contribution in [0.2, 0.25) is 5.02 Å². The Morgan fingerprint density at radius 3 is 3.04 bits per heavy atom. The molecule has 1 aromatic heterocycles. The van der Waals surface area contributed by atoms with Gasteiger partial charge in [-0.05, 0) is 37.1 Å². The van der Waals surface area contributed by atoms with Crippen molar-refractivity contribution in [1.82, 2.24) is 25.2 Å². The highest BCUT2D eigenvalue weighted by Gasteiger charge is 2.21. The SMILES string of the molecule is O=C(NCCN1CCCC[C@@H]1CO)c1cn(Cc2ccc(F)cc2Cl)nn1. The predicted octanol–water partition coefficient (Wildman–Crippen LogP) is 1.70. The van der Waals surface area contributed by atoms with Crippen molar-refractivity contribution in [3.8, 4) is 0 Å². The van der Waals surface area contributed by atoms with Gasteiger partial charge in [-0.15, -0.1) is 5.10 Å². The summed E-state index contributed by atoms with van der Waals surface area (Å²) < 4.78 is 14.6. The molecular weight excluding hydrogens is 373 g/mol. The first kappa shape index (κ1) is 19.7. The lowest BCUT2D eigenvalue weighted by Gasteiger charge is -2.34. The highest BCUT2D eigenvalue weighted by atomic mass is 35.5. The van der Waals surface area contributed by atoms with E-state index in [9.17, 15) is 14.3 Å². The van der Waals surface area contributed by atoms with Gasteiger partial charge in [0, 0.05) is 24.2 Å². The van der Waals surface area contributed by atoms with E-state index in [1.54, 1.807) is 6.07 Å². The van der Waals surface area contributed by atoms with E-state index in [1.807, 2.05) is 0 Å². The zero-order chi connectivity index (χ0) is 19.2. The van der Waals surface area contributed by atoms with Crippen LogP contribution >= 0.6 is 11.6 Å². The van der Waals surface area contributed by atoms with E-state index >= 15 is 0 Å². The van der Waals surface area contributed by atoms with E-state index < -0.39 is 5.82 Å². The van der Waals surface area contributed by atoms with Gasteiger partial charge < -0.3 is 10.4 Å². The molecule has 146 valence electrons. The van der Waals surface area contributed by atoms with Crippen molar-refractivity contribution in [3.63, 3.8) is 0 Å². The monoisotopic (exact) mass is 395 g/mol. The first-order valence-electron chi connectivity index (χ1n) is 9.04. The summed E-state index contributed by atoms with van der Waals surface area (Å²) in [5, 5.41) is 20.4. The standard InChI is InChI=1S/C18H23ClFN5O2/c19-16-9-14(20)5-4-13(16)10-25-11-17(22-23-25)18(27)21-6-8-24-7-2-1-3-15(24)12-26/h4-5,9,11,15,26H,1-3,6-8,10,12H2,(H,21,27)/t15-/m1/s1. The molecule has 27 heavy (non-hydrogen) atoms. The molecule has 1 aliphatic rings. The zero-order valence-corrected chi connectivity index (χ0v) is 15.7. The van der Waals surface area contributed by atoms with Crippen molar-refractivity contribution < 1.29 is 14.3 Å². The Bertz CT molecular complexity index is 785. The van der Waals surface area contributed by atoms with Gasteiger partial charge >= 0.3 is 0 Å². The number of benzene rings is 1. The summed E-state index contributed by atoms with van der Waals surface area (Å²) in [4.78, 5) is 14.4. The molecule has 0 unspecified atom stereocenters. The van der Waals surface area contributed by atoms with Crippen LogP contribution in [0.3, 0.4) is 0 Å². The van der Waals surface area contributed by atoms with Gasteiger partial charge in [-0.3, -0.25) is 9.69 Å². The third kappa shape index (κ3) is 5.24. The number of piperidine rings is 1. The van der Waals surface area contributed by atoms with E-state index in [1.165, 1.54) is 23.0 Å². The minimum atomic E-state index is -0.403. The van der Waals surface area contributed by atoms with Gasteiger partial charge in [0.1, 0.15) is 5.82 Å². The van der Waals surface area contributed by atoms with Gasteiger partial charge in [-0.25, -0.2) is 9.07 Å². The number of aliphatic hydroxyl groups is 1. The maximum absolute atomic E-state index is 13.1. The van der Waals surface area contributed by atoms with Crippen LogP contribution in [0.25, 0.3) is 0 Å². The highest BCUT2D eigenvalue weighted by molar-refractivity contribution is 6.31. The van der Waals surface area contributed by atoms with Crippen molar-refractivity contribution in [3.05, 3.63) is 46.5 Å². The van der Waals surface area contributed by atoms with Crippen LogP contribution in [0.1, 0.15) is 35.3 Å². The van der Waals surface area contributed by atoms with Crippen LogP contribution in [0.15, 0.2) is 24.4 Å². The number of hydrogen-bond donors (Lipinski definition) is 2. The van der Waals surface area contributed by atoms with Crippen LogP contribution in [0, 0.1) is 5.82 Å². The molecule has 1 aromatic carbocycles. The minimum Gasteiger partial charge on any atom is -0.395 e. The van der Waals surface area contributed by atoms with Gasteiger partial charge in [-0.2, -0.15) is 0 Å². The van der Waals surface area contributed by atoms with Crippen molar-refractivity contribution in [2.24, 2.45) is 0 Å². The number of hydrogen-bond acceptors (Lipinski definition) is 5. The molecular formula is C18H23ClFN5O2. The van der Waals surface area contributed by atoms with E-state index in [0.29, 0.717) is 30.2 Å². The molecule has 0 aliphatic carbocycles. The number of aliphatic hydroxyl groups excluding tert-OH is 1. The number of rotatable bonds is 7. The fourth-order valence-corrected chi connectivity index (χ4v) is 3.50. The maximum atomic E-state index is 13.1. The Kier molecular flexibility index (Phi) is 6.76. The van der Waals surface area contributed by atoms with Crippen LogP contribution < -0.4 is 5.32 Å². The number of nitrogens with one attached hydrogen (secondary N) is 1. The van der Waals surface area contributed by atoms with Crippen molar-refractivity contribution in [2.75, 3.05) is 26.2 Å². The maximum Gasteiger partial charge on any atom is 0.273 e. The topological polar surface area (TPSA) is 83.3 Å². The Balaban J connectivity index is 1.51. The summed E-state index contributed by atoms with van der Waals surface area (Å²) in [6.07, 6.45) is 4.77. The molecule has 2 N–H and O–H groups in total. The van der Waals surface area contributed by atoms with Gasteiger partial charge in [0.15, 0.2) is 5.69 Å². The minimum absolute atomic E-state index is 0.147. The number of amides is 1. The summed E-state index contributed by atoms with van der Waals surface area (Å²) in [5.41, 5.74) is 0.903. The molecule has 0 radical (unpaired) electrons. The van der Waals surface area contributed by atoms with E-state index in [-0.39, 0.29) is 24.2 Å². The average Bonchev–Trinajstić information content (AvgIpc) is 3.13. The molecule has 0 spiro atoms. The van der Waals surface area contributed by atoms with Crippen molar-refractivity contribution in [1.29, 1.82) is 0 Å². The summed E-state index contributed by atoms with van der Waals surface area (Å²) in [5.74, 6) is -0.705. The average molecular weight is 396 g/mol. The normalized spacial score (nSPS) is 17.8. The van der Waals surface area contributed by atoms with Crippen LogP contribution in [0.4, 0.5) is 4.39 Å². The molecule has 1 amide bonds. The summed E-state index contributed by atoms with van der Waals surface area (Å²) in [7, 11) is 0. The highest BCUT2D eigenvalue weighted by Crippen LogP contribution is 2.18. The molecule has 7 nitrogen and oxygen atoms in total. The third-order valence-electron chi connectivity index (χ3n) is 4.76. The van der Waals surface area contributed by atoms with E-state index in [4.69, 9.17) is 11.6 Å². The van der Waals surface area contributed by atoms with Gasteiger partial charge in [0.2, 0.25) is 0 Å². The lowest BCUT2D eigenvalue weighted by molar-refractivity contribution is 0.0847. The van der Waals surface area contributed by atoms with Gasteiger partial charge in [0.05, 0.1) is 19.3 Å². The second-order valence-electron chi connectivity index (χ2n) is 6.66. The second-order valence-corrected chi connectivity index (χ2v) is 7.07. The molecule has 1 aliphatic heterocycles. The molecule has 1 saturated heterocycles. The van der Waals surface area contributed by atoms with Crippen molar-refractivity contribution in [2.45, 2.75) is 31.8 Å². The van der Waals surface area contributed by atoms with Gasteiger partial charge in [0.25, 0.3) is 5.91 Å². The second kappa shape index (κ2) is 9.25. The van der Waals surface area contributed by atoms with Gasteiger partial charge in [-0.1, -0.05) is 29.3 Å². The third-order valence-corrected chi connectivity index (χ3v) is 5.11. The molecule has 0 bridgehead atoms. The molecule has 1 atom stereocenters. The van der Waals surface area contributed by atoms with Crippen LogP contribution in [-0.2, 0) is 6.54 Å². The Morgan fingerprint density at radius 1 is 1.41 bits per heavy atom. The lowest BCUT2D eigenvalue weighted by atomic mass is 10.0. The molecule has 3 rings (SSSR count). The smallest absolute Gasteiger partial charge is 0.273 e. The summed E-state index contributed by atoms with van der Waals surface area (Å²) in [6, 6.07) is 4.32. The Hall–Kier alpha value is -2.03. The van der Waals surface area contributed by atoms with Crippen LogP contribution in [0.5, 0.6) is 0 Å². The summed E-state index contributed by atoms with van der Waals surface area (Å²) in [6.45, 7) is 2.55. The molecule has 2 aromatic rings. The summed E-state index contributed by atoms with van der Waals surface area (Å²) >= 11 is 6.01. The Morgan fingerprint density at radius 2 is 2.26 bits per heavy atom. The predicted molar refractivity (Wildman–Crippen MR) is 99.2 cm³/mol. The van der Waals surface area contributed by atoms with Crippen molar-refractivity contribution >= 4 is 17.5 Å². The fraction of sp³-hybridized carbons (Fsp3) is 0.500. The lowest BCUT2D eigenvalue weighted by Crippen LogP contribution is -2.45. The fourth-order valence-electron chi connectivity index (χ4n) is 3.27. The van der Waals surface area contributed by atoms with E-state index in [0.717, 1.165) is 25.8 Å². The van der Waals surface area contributed by atoms with Crippen LogP contribution in [-0.4, -0.2) is 63.2 Å². The molecule has 9 heteroatoms. The number of carbonyl (C=O) groups excluding carboxylic acids is 1.